The van der Waals surface area contributed by atoms with Crippen LogP contribution in [0.2, 0.25) is 0 Å². The summed E-state index contributed by atoms with van der Waals surface area (Å²) < 4.78 is 1.46. The van der Waals surface area contributed by atoms with Gasteiger partial charge in [0.05, 0.1) is 0 Å². The zero-order chi connectivity index (χ0) is 9.42. The SMILES string of the molecule is Cn1cc2c(cc1=O)CCCC2=O. The molecule has 0 N–H and O–H groups in total. The minimum atomic E-state index is -0.0338. The van der Waals surface area contributed by atoms with Gasteiger partial charge in [-0.3, -0.25) is 9.59 Å². The van der Waals surface area contributed by atoms with E-state index in [1.807, 2.05) is 0 Å². The third-order valence-electron chi connectivity index (χ3n) is 2.46. The van der Waals surface area contributed by atoms with Crippen LogP contribution in [0, 0.1) is 0 Å². The van der Waals surface area contributed by atoms with Crippen molar-refractivity contribution in [1.29, 1.82) is 0 Å². The molecule has 2 rings (SSSR count). The molecule has 0 fully saturated rings. The Kier molecular flexibility index (Phi) is 1.79. The lowest BCUT2D eigenvalue weighted by molar-refractivity contribution is 0.0971. The zero-order valence-corrected chi connectivity index (χ0v) is 7.54. The van der Waals surface area contributed by atoms with Gasteiger partial charge in [-0.25, -0.2) is 0 Å². The first-order valence-electron chi connectivity index (χ1n) is 4.41. The Balaban J connectivity index is 2.65. The van der Waals surface area contributed by atoms with Gasteiger partial charge in [-0.15, -0.1) is 0 Å². The van der Waals surface area contributed by atoms with E-state index in [1.165, 1.54) is 4.57 Å². The maximum absolute atomic E-state index is 11.4. The topological polar surface area (TPSA) is 39.1 Å². The predicted molar refractivity (Wildman–Crippen MR) is 49.0 cm³/mol. The van der Waals surface area contributed by atoms with Crippen molar-refractivity contribution in [2.24, 2.45) is 7.05 Å². The van der Waals surface area contributed by atoms with Crippen molar-refractivity contribution in [3.63, 3.8) is 0 Å². The summed E-state index contributed by atoms with van der Waals surface area (Å²) in [6, 6.07) is 1.58. The average molecular weight is 177 g/mol. The number of carbonyl (C=O) groups is 1. The Hall–Kier alpha value is -1.38. The van der Waals surface area contributed by atoms with Gasteiger partial charge in [0.25, 0.3) is 5.56 Å². The van der Waals surface area contributed by atoms with Crippen LogP contribution in [0.3, 0.4) is 0 Å². The fourth-order valence-electron chi connectivity index (χ4n) is 1.70. The predicted octanol–water partition coefficient (Wildman–Crippen LogP) is 0.904. The van der Waals surface area contributed by atoms with Crippen molar-refractivity contribution < 1.29 is 4.79 Å². The van der Waals surface area contributed by atoms with Gasteiger partial charge in [0.15, 0.2) is 5.78 Å². The summed E-state index contributed by atoms with van der Waals surface area (Å²) in [4.78, 5) is 22.7. The summed E-state index contributed by atoms with van der Waals surface area (Å²) >= 11 is 0. The molecule has 0 amide bonds. The Morgan fingerprint density at radius 1 is 1.31 bits per heavy atom. The second-order valence-corrected chi connectivity index (χ2v) is 3.44. The molecular weight excluding hydrogens is 166 g/mol. The Morgan fingerprint density at radius 2 is 2.08 bits per heavy atom. The van der Waals surface area contributed by atoms with E-state index in [1.54, 1.807) is 19.3 Å². The molecule has 3 heteroatoms. The van der Waals surface area contributed by atoms with Crippen LogP contribution in [0.15, 0.2) is 17.1 Å². The first-order valence-corrected chi connectivity index (χ1v) is 4.41. The summed E-state index contributed by atoms with van der Waals surface area (Å²) in [6.45, 7) is 0. The minimum Gasteiger partial charge on any atom is -0.318 e. The maximum atomic E-state index is 11.4. The van der Waals surface area contributed by atoms with Gasteiger partial charge < -0.3 is 4.57 Å². The second-order valence-electron chi connectivity index (χ2n) is 3.44. The summed E-state index contributed by atoms with van der Waals surface area (Å²) in [6.07, 6.45) is 4.00. The molecule has 0 spiro atoms. The van der Waals surface area contributed by atoms with Gasteiger partial charge in [0.2, 0.25) is 0 Å². The Labute approximate surface area is 76.0 Å². The van der Waals surface area contributed by atoms with Gasteiger partial charge in [-0.2, -0.15) is 0 Å². The zero-order valence-electron chi connectivity index (χ0n) is 7.54. The van der Waals surface area contributed by atoms with Gasteiger partial charge in [-0.1, -0.05) is 0 Å². The summed E-state index contributed by atoms with van der Waals surface area (Å²) in [5.41, 5.74) is 1.61. The highest BCUT2D eigenvalue weighted by molar-refractivity contribution is 5.98. The second kappa shape index (κ2) is 2.83. The van der Waals surface area contributed by atoms with Gasteiger partial charge in [0.1, 0.15) is 0 Å². The van der Waals surface area contributed by atoms with Crippen LogP contribution >= 0.6 is 0 Å². The molecule has 68 valence electrons. The molecule has 0 aromatic carbocycles. The van der Waals surface area contributed by atoms with Crippen LogP contribution < -0.4 is 5.56 Å². The van der Waals surface area contributed by atoms with E-state index in [-0.39, 0.29) is 11.3 Å². The Bertz CT molecular complexity index is 417. The molecule has 1 aromatic rings. The minimum absolute atomic E-state index is 0.0338. The molecule has 1 heterocycles. The van der Waals surface area contributed by atoms with Crippen LogP contribution in [-0.4, -0.2) is 10.4 Å². The van der Waals surface area contributed by atoms with Crippen molar-refractivity contribution in [1.82, 2.24) is 4.57 Å². The van der Waals surface area contributed by atoms with Gasteiger partial charge >= 0.3 is 0 Å². The monoisotopic (exact) mass is 177 g/mol. The smallest absolute Gasteiger partial charge is 0.250 e. The van der Waals surface area contributed by atoms with Gasteiger partial charge in [0, 0.05) is 31.3 Å². The molecule has 13 heavy (non-hydrogen) atoms. The number of hydrogen-bond acceptors (Lipinski definition) is 2. The largest absolute Gasteiger partial charge is 0.318 e. The quantitative estimate of drug-likeness (QED) is 0.590. The third-order valence-corrected chi connectivity index (χ3v) is 2.46. The lowest BCUT2D eigenvalue weighted by atomic mass is 9.92. The van der Waals surface area contributed by atoms with Crippen molar-refractivity contribution in [2.45, 2.75) is 19.3 Å². The first-order chi connectivity index (χ1) is 6.18. The molecular formula is C10H11NO2. The van der Waals surface area contributed by atoms with Crippen LogP contribution in [0.4, 0.5) is 0 Å². The summed E-state index contributed by atoms with van der Waals surface area (Å²) in [5, 5.41) is 0. The van der Waals surface area contributed by atoms with Crippen molar-refractivity contribution in [2.75, 3.05) is 0 Å². The highest BCUT2D eigenvalue weighted by atomic mass is 16.1. The number of aromatic nitrogens is 1. The molecule has 0 saturated carbocycles. The molecule has 0 unspecified atom stereocenters. The highest BCUT2D eigenvalue weighted by Crippen LogP contribution is 2.18. The number of ketones is 1. The van der Waals surface area contributed by atoms with Crippen LogP contribution in [-0.2, 0) is 13.5 Å². The van der Waals surface area contributed by atoms with E-state index in [4.69, 9.17) is 0 Å². The number of pyridine rings is 1. The number of rotatable bonds is 0. The van der Waals surface area contributed by atoms with Crippen molar-refractivity contribution in [3.05, 3.63) is 33.7 Å². The lowest BCUT2D eigenvalue weighted by Gasteiger charge is -2.14. The maximum Gasteiger partial charge on any atom is 0.250 e. The van der Waals surface area contributed by atoms with E-state index in [2.05, 4.69) is 0 Å². The number of nitrogens with zero attached hydrogens (tertiary/aromatic N) is 1. The number of Topliss-reactive ketones (excluding diaryl/α,β-unsaturated/α-hetero) is 1. The number of hydrogen-bond donors (Lipinski definition) is 0. The summed E-state index contributed by atoms with van der Waals surface area (Å²) in [5.74, 6) is 0.164. The van der Waals surface area contributed by atoms with E-state index < -0.39 is 0 Å². The highest BCUT2D eigenvalue weighted by Gasteiger charge is 2.17. The van der Waals surface area contributed by atoms with Crippen LogP contribution in [0.5, 0.6) is 0 Å². The molecule has 1 aliphatic rings. The van der Waals surface area contributed by atoms with Crippen molar-refractivity contribution >= 4 is 5.78 Å². The molecule has 1 aromatic heterocycles. The first kappa shape index (κ1) is 8.23. The molecule has 1 aliphatic carbocycles. The molecule has 0 bridgehead atoms. The average Bonchev–Trinajstić information content (AvgIpc) is 2.09. The molecule has 3 nitrogen and oxygen atoms in total. The van der Waals surface area contributed by atoms with Crippen LogP contribution in [0.25, 0.3) is 0 Å². The van der Waals surface area contributed by atoms with Crippen molar-refractivity contribution in [3.8, 4) is 0 Å². The van der Waals surface area contributed by atoms with Crippen LogP contribution in [0.1, 0.15) is 28.8 Å². The van der Waals surface area contributed by atoms with E-state index in [0.717, 1.165) is 24.0 Å². The normalized spacial score (nSPS) is 15.6. The van der Waals surface area contributed by atoms with E-state index in [9.17, 15) is 9.59 Å². The number of carbonyl (C=O) groups excluding carboxylic acids is 1. The molecule has 0 saturated heterocycles. The standard InChI is InChI=1S/C10H11NO2/c1-11-6-8-7(5-10(11)13)3-2-4-9(8)12/h5-6H,2-4H2,1H3. The molecule has 0 radical (unpaired) electrons. The van der Waals surface area contributed by atoms with E-state index in [0.29, 0.717) is 6.42 Å². The molecule has 0 atom stereocenters. The lowest BCUT2D eigenvalue weighted by Crippen LogP contribution is -2.21. The molecule has 0 aliphatic heterocycles. The van der Waals surface area contributed by atoms with E-state index >= 15 is 0 Å². The fourth-order valence-corrected chi connectivity index (χ4v) is 1.70. The van der Waals surface area contributed by atoms with Gasteiger partial charge in [-0.05, 0) is 18.4 Å². The number of aryl methyl sites for hydroxylation is 2. The number of fused-ring (bicyclic) bond motifs is 1. The fraction of sp³-hybridized carbons (Fsp3) is 0.400. The summed E-state index contributed by atoms with van der Waals surface area (Å²) in [7, 11) is 1.67. The Morgan fingerprint density at radius 3 is 2.85 bits per heavy atom. The third kappa shape index (κ3) is 1.30.